The molecule has 2 rings (SSSR count). The van der Waals surface area contributed by atoms with Crippen LogP contribution in [-0.4, -0.2) is 28.0 Å². The molecule has 1 amide bonds. The molecule has 1 unspecified atom stereocenters. The lowest BCUT2D eigenvalue weighted by molar-refractivity contribution is -0.123. The zero-order chi connectivity index (χ0) is 14.7. The highest BCUT2D eigenvalue weighted by molar-refractivity contribution is 5.86. The van der Waals surface area contributed by atoms with E-state index in [1.807, 2.05) is 6.92 Å². The third-order valence-corrected chi connectivity index (χ3v) is 3.29. The van der Waals surface area contributed by atoms with Crippen LogP contribution in [0.3, 0.4) is 0 Å². The van der Waals surface area contributed by atoms with Crippen molar-refractivity contribution >= 4 is 17.4 Å². The SMILES string of the molecule is CCCn1c(N)c(NC2CCCNC2=O)c(=O)[nH]c1=O. The maximum atomic E-state index is 11.9. The fourth-order valence-corrected chi connectivity index (χ4v) is 2.26. The highest BCUT2D eigenvalue weighted by Crippen LogP contribution is 2.15. The first-order chi connectivity index (χ1) is 9.54. The average Bonchev–Trinajstić information content (AvgIpc) is 2.41. The Balaban J connectivity index is 2.36. The van der Waals surface area contributed by atoms with Gasteiger partial charge in [0.1, 0.15) is 17.5 Å². The molecule has 2 heterocycles. The summed E-state index contributed by atoms with van der Waals surface area (Å²) in [7, 11) is 0. The van der Waals surface area contributed by atoms with Crippen LogP contribution in [0, 0.1) is 0 Å². The molecule has 0 saturated carbocycles. The van der Waals surface area contributed by atoms with Gasteiger partial charge in [-0.1, -0.05) is 6.92 Å². The Morgan fingerprint density at radius 3 is 2.80 bits per heavy atom. The maximum absolute atomic E-state index is 11.9. The zero-order valence-corrected chi connectivity index (χ0v) is 11.4. The second kappa shape index (κ2) is 5.81. The molecular weight excluding hydrogens is 262 g/mol. The summed E-state index contributed by atoms with van der Waals surface area (Å²) in [5.74, 6) is -0.0951. The molecule has 110 valence electrons. The molecule has 0 aromatic carbocycles. The number of anilines is 2. The Bertz CT molecular complexity index is 618. The normalized spacial score (nSPS) is 18.6. The summed E-state index contributed by atoms with van der Waals surface area (Å²) in [6, 6.07) is -0.500. The first-order valence-electron chi connectivity index (χ1n) is 6.71. The number of H-pyrrole nitrogens is 1. The van der Waals surface area contributed by atoms with Gasteiger partial charge in [0.2, 0.25) is 5.91 Å². The van der Waals surface area contributed by atoms with Crippen LogP contribution in [0.5, 0.6) is 0 Å². The highest BCUT2D eigenvalue weighted by Gasteiger charge is 2.24. The number of piperidine rings is 1. The van der Waals surface area contributed by atoms with Gasteiger partial charge in [-0.25, -0.2) is 4.79 Å². The molecule has 0 bridgehead atoms. The van der Waals surface area contributed by atoms with E-state index in [0.717, 1.165) is 6.42 Å². The summed E-state index contributed by atoms with van der Waals surface area (Å²) in [5, 5.41) is 5.57. The Hall–Kier alpha value is -2.25. The standard InChI is InChI=1S/C12H19N5O3/c1-2-6-17-9(13)8(11(19)16-12(17)20)15-7-4-3-5-14-10(7)18/h7,15H,2-6,13H2,1H3,(H,14,18)(H,16,19,20). The third kappa shape index (κ3) is 2.68. The Morgan fingerprint density at radius 2 is 2.15 bits per heavy atom. The second-order valence-corrected chi connectivity index (χ2v) is 4.80. The Kier molecular flexibility index (Phi) is 4.11. The number of nitrogen functional groups attached to an aromatic ring is 1. The quantitative estimate of drug-likeness (QED) is 0.576. The molecule has 1 aliphatic rings. The monoisotopic (exact) mass is 281 g/mol. The minimum absolute atomic E-state index is 0.0685. The van der Waals surface area contributed by atoms with Crippen LogP contribution in [0.15, 0.2) is 9.59 Å². The van der Waals surface area contributed by atoms with Gasteiger partial charge in [0.25, 0.3) is 5.56 Å². The van der Waals surface area contributed by atoms with Crippen molar-refractivity contribution in [2.45, 2.75) is 38.8 Å². The molecule has 1 atom stereocenters. The first kappa shape index (κ1) is 14.2. The van der Waals surface area contributed by atoms with Gasteiger partial charge in [0, 0.05) is 13.1 Å². The molecule has 1 aromatic rings. The van der Waals surface area contributed by atoms with Crippen molar-refractivity contribution in [3.63, 3.8) is 0 Å². The number of hydrogen-bond acceptors (Lipinski definition) is 5. The van der Waals surface area contributed by atoms with E-state index < -0.39 is 17.3 Å². The Labute approximate surface area is 115 Å². The minimum Gasteiger partial charge on any atom is -0.383 e. The number of amides is 1. The van der Waals surface area contributed by atoms with E-state index in [-0.39, 0.29) is 17.4 Å². The van der Waals surface area contributed by atoms with Crippen molar-refractivity contribution in [1.82, 2.24) is 14.9 Å². The summed E-state index contributed by atoms with van der Waals surface area (Å²) in [4.78, 5) is 37.5. The predicted octanol–water partition coefficient (Wildman–Crippen LogP) is -0.781. The second-order valence-electron chi connectivity index (χ2n) is 4.80. The van der Waals surface area contributed by atoms with Crippen molar-refractivity contribution in [3.8, 4) is 0 Å². The van der Waals surface area contributed by atoms with Crippen LogP contribution in [-0.2, 0) is 11.3 Å². The molecule has 0 aliphatic carbocycles. The molecule has 8 heteroatoms. The van der Waals surface area contributed by atoms with Crippen molar-refractivity contribution in [3.05, 3.63) is 20.8 Å². The summed E-state index contributed by atoms with van der Waals surface area (Å²) >= 11 is 0. The minimum atomic E-state index is -0.599. The Morgan fingerprint density at radius 1 is 1.40 bits per heavy atom. The smallest absolute Gasteiger partial charge is 0.330 e. The summed E-state index contributed by atoms with van der Waals surface area (Å²) in [5.41, 5.74) is 4.83. The van der Waals surface area contributed by atoms with Crippen molar-refractivity contribution in [2.24, 2.45) is 0 Å². The summed E-state index contributed by atoms with van der Waals surface area (Å²) in [6.07, 6.45) is 2.16. The lowest BCUT2D eigenvalue weighted by Gasteiger charge is -2.24. The molecule has 1 aliphatic heterocycles. The van der Waals surface area contributed by atoms with E-state index in [1.165, 1.54) is 4.57 Å². The lowest BCUT2D eigenvalue weighted by Crippen LogP contribution is -2.46. The van der Waals surface area contributed by atoms with E-state index in [2.05, 4.69) is 15.6 Å². The maximum Gasteiger partial charge on any atom is 0.330 e. The van der Waals surface area contributed by atoms with Gasteiger partial charge in [-0.3, -0.25) is 19.1 Å². The van der Waals surface area contributed by atoms with Gasteiger partial charge in [0.05, 0.1) is 0 Å². The van der Waals surface area contributed by atoms with E-state index >= 15 is 0 Å². The molecule has 8 nitrogen and oxygen atoms in total. The van der Waals surface area contributed by atoms with E-state index in [4.69, 9.17) is 5.73 Å². The van der Waals surface area contributed by atoms with E-state index in [9.17, 15) is 14.4 Å². The van der Waals surface area contributed by atoms with Crippen LogP contribution in [0.1, 0.15) is 26.2 Å². The van der Waals surface area contributed by atoms with Crippen LogP contribution < -0.4 is 27.6 Å². The zero-order valence-electron chi connectivity index (χ0n) is 11.4. The van der Waals surface area contributed by atoms with Gasteiger partial charge in [-0.15, -0.1) is 0 Å². The molecule has 0 radical (unpaired) electrons. The molecule has 1 fully saturated rings. The van der Waals surface area contributed by atoms with E-state index in [0.29, 0.717) is 25.9 Å². The van der Waals surface area contributed by atoms with Crippen molar-refractivity contribution < 1.29 is 4.79 Å². The first-order valence-corrected chi connectivity index (χ1v) is 6.71. The average molecular weight is 281 g/mol. The molecule has 0 spiro atoms. The number of carbonyl (C=O) groups excluding carboxylic acids is 1. The molecule has 1 saturated heterocycles. The van der Waals surface area contributed by atoms with Gasteiger partial charge < -0.3 is 16.4 Å². The van der Waals surface area contributed by atoms with E-state index in [1.54, 1.807) is 0 Å². The molecule has 1 aromatic heterocycles. The van der Waals surface area contributed by atoms with Gasteiger partial charge in [0.15, 0.2) is 0 Å². The lowest BCUT2D eigenvalue weighted by atomic mass is 10.1. The predicted molar refractivity (Wildman–Crippen MR) is 75.7 cm³/mol. The van der Waals surface area contributed by atoms with Crippen LogP contribution in [0.2, 0.25) is 0 Å². The fourth-order valence-electron chi connectivity index (χ4n) is 2.26. The molecular formula is C12H19N5O3. The van der Waals surface area contributed by atoms with Gasteiger partial charge in [-0.05, 0) is 19.3 Å². The number of aromatic nitrogens is 2. The topological polar surface area (TPSA) is 122 Å². The number of rotatable bonds is 4. The number of nitrogens with zero attached hydrogens (tertiary/aromatic N) is 1. The van der Waals surface area contributed by atoms with Crippen LogP contribution >= 0.6 is 0 Å². The number of carbonyl (C=O) groups is 1. The molecule has 5 N–H and O–H groups in total. The third-order valence-electron chi connectivity index (χ3n) is 3.29. The fraction of sp³-hybridized carbons (Fsp3) is 0.583. The van der Waals surface area contributed by atoms with Crippen LogP contribution in [0.4, 0.5) is 11.5 Å². The molecule has 20 heavy (non-hydrogen) atoms. The largest absolute Gasteiger partial charge is 0.383 e. The number of aromatic amines is 1. The summed E-state index contributed by atoms with van der Waals surface area (Å²) in [6.45, 7) is 2.95. The number of nitrogens with one attached hydrogen (secondary N) is 3. The summed E-state index contributed by atoms with van der Waals surface area (Å²) < 4.78 is 1.30. The van der Waals surface area contributed by atoms with Crippen molar-refractivity contribution in [2.75, 3.05) is 17.6 Å². The number of nitrogens with two attached hydrogens (primary N) is 1. The number of hydrogen-bond donors (Lipinski definition) is 4. The highest BCUT2D eigenvalue weighted by atomic mass is 16.2. The van der Waals surface area contributed by atoms with Crippen molar-refractivity contribution in [1.29, 1.82) is 0 Å². The van der Waals surface area contributed by atoms with Gasteiger partial charge >= 0.3 is 5.69 Å². The van der Waals surface area contributed by atoms with Gasteiger partial charge in [-0.2, -0.15) is 0 Å². The van der Waals surface area contributed by atoms with Crippen LogP contribution in [0.25, 0.3) is 0 Å².